The number of hydrogen-bond donors (Lipinski definition) is 2. The Bertz CT molecular complexity index is 454. The van der Waals surface area contributed by atoms with Crippen molar-refractivity contribution in [3.8, 4) is 5.75 Å². The number of benzene rings is 1. The quantitative estimate of drug-likeness (QED) is 0.495. The van der Waals surface area contributed by atoms with Crippen molar-refractivity contribution in [2.24, 2.45) is 5.84 Å². The fourth-order valence-electron chi connectivity index (χ4n) is 2.74. The summed E-state index contributed by atoms with van der Waals surface area (Å²) in [5, 5.41) is 0. The van der Waals surface area contributed by atoms with E-state index in [0.717, 1.165) is 24.2 Å². The predicted octanol–water partition coefficient (Wildman–Crippen LogP) is 3.40. The average Bonchev–Trinajstić information content (AvgIpc) is 2.70. The van der Waals surface area contributed by atoms with Crippen molar-refractivity contribution in [2.75, 3.05) is 7.11 Å². The topological polar surface area (TPSA) is 47.3 Å². The SMILES string of the molecule is COc1cc(C(NN)C2=CCCCCC2)ccc1C. The Balaban J connectivity index is 2.28. The second-order valence-corrected chi connectivity index (χ2v) is 5.21. The smallest absolute Gasteiger partial charge is 0.122 e. The molecule has 3 heteroatoms. The summed E-state index contributed by atoms with van der Waals surface area (Å²) in [7, 11) is 1.71. The minimum absolute atomic E-state index is 0.104. The molecule has 0 fully saturated rings. The molecule has 0 amide bonds. The normalized spacial score (nSPS) is 17.5. The van der Waals surface area contributed by atoms with Crippen LogP contribution in [0.4, 0.5) is 0 Å². The Kier molecular flexibility index (Phi) is 5.00. The highest BCUT2D eigenvalue weighted by molar-refractivity contribution is 5.40. The Hall–Kier alpha value is -1.32. The molecule has 0 saturated heterocycles. The lowest BCUT2D eigenvalue weighted by Gasteiger charge is -2.21. The van der Waals surface area contributed by atoms with Crippen molar-refractivity contribution in [1.82, 2.24) is 5.43 Å². The van der Waals surface area contributed by atoms with Crippen LogP contribution in [0.25, 0.3) is 0 Å². The van der Waals surface area contributed by atoms with Crippen molar-refractivity contribution in [3.05, 3.63) is 41.0 Å². The maximum absolute atomic E-state index is 5.78. The van der Waals surface area contributed by atoms with Crippen LogP contribution in [0.5, 0.6) is 5.75 Å². The molecule has 0 aromatic heterocycles. The van der Waals surface area contributed by atoms with E-state index in [9.17, 15) is 0 Å². The first-order valence-electron chi connectivity index (χ1n) is 7.06. The summed E-state index contributed by atoms with van der Waals surface area (Å²) < 4.78 is 5.40. The summed E-state index contributed by atoms with van der Waals surface area (Å²) in [5.74, 6) is 6.71. The first kappa shape index (κ1) is 14.1. The van der Waals surface area contributed by atoms with Crippen molar-refractivity contribution in [1.29, 1.82) is 0 Å². The zero-order valence-corrected chi connectivity index (χ0v) is 11.9. The number of methoxy groups -OCH3 is 1. The van der Waals surface area contributed by atoms with E-state index in [1.807, 2.05) is 0 Å². The van der Waals surface area contributed by atoms with E-state index < -0.39 is 0 Å². The standard InChI is InChI=1S/C16H24N2O/c1-12-9-10-14(11-15(12)19-2)16(18-17)13-7-5-3-4-6-8-13/h7,9-11,16,18H,3-6,8,17H2,1-2H3. The Morgan fingerprint density at radius 3 is 2.84 bits per heavy atom. The largest absolute Gasteiger partial charge is 0.496 e. The maximum Gasteiger partial charge on any atom is 0.122 e. The molecule has 2 rings (SSSR count). The Morgan fingerprint density at radius 2 is 2.11 bits per heavy atom. The van der Waals surface area contributed by atoms with Crippen LogP contribution in [0.2, 0.25) is 0 Å². The molecule has 0 bridgehead atoms. The zero-order chi connectivity index (χ0) is 13.7. The van der Waals surface area contributed by atoms with Gasteiger partial charge >= 0.3 is 0 Å². The van der Waals surface area contributed by atoms with Gasteiger partial charge in [-0.1, -0.05) is 30.2 Å². The van der Waals surface area contributed by atoms with Gasteiger partial charge < -0.3 is 4.74 Å². The molecule has 1 atom stereocenters. The number of hydrazine groups is 1. The molecule has 1 aliphatic carbocycles. The lowest BCUT2D eigenvalue weighted by atomic mass is 9.94. The predicted molar refractivity (Wildman–Crippen MR) is 79.0 cm³/mol. The van der Waals surface area contributed by atoms with Crippen LogP contribution in [0.15, 0.2) is 29.8 Å². The summed E-state index contributed by atoms with van der Waals surface area (Å²) in [6, 6.07) is 6.42. The Labute approximate surface area is 115 Å². The molecule has 19 heavy (non-hydrogen) atoms. The molecule has 1 aromatic rings. The van der Waals surface area contributed by atoms with Gasteiger partial charge in [0.15, 0.2) is 0 Å². The van der Waals surface area contributed by atoms with Crippen LogP contribution in [-0.2, 0) is 0 Å². The van der Waals surface area contributed by atoms with Crippen LogP contribution in [-0.4, -0.2) is 7.11 Å². The second kappa shape index (κ2) is 6.73. The van der Waals surface area contributed by atoms with Crippen LogP contribution in [0.3, 0.4) is 0 Å². The lowest BCUT2D eigenvalue weighted by Crippen LogP contribution is -2.29. The minimum atomic E-state index is 0.104. The monoisotopic (exact) mass is 260 g/mol. The molecule has 1 unspecified atom stereocenters. The molecule has 1 aromatic carbocycles. The third-order valence-electron chi connectivity index (χ3n) is 3.88. The molecule has 0 heterocycles. The van der Waals surface area contributed by atoms with Crippen LogP contribution in [0, 0.1) is 6.92 Å². The lowest BCUT2D eigenvalue weighted by molar-refractivity contribution is 0.410. The van der Waals surface area contributed by atoms with Gasteiger partial charge in [0, 0.05) is 0 Å². The number of nitrogens with one attached hydrogen (secondary N) is 1. The van der Waals surface area contributed by atoms with Gasteiger partial charge in [-0.25, -0.2) is 5.43 Å². The highest BCUT2D eigenvalue weighted by Crippen LogP contribution is 2.31. The third kappa shape index (κ3) is 3.37. The van der Waals surface area contributed by atoms with Gasteiger partial charge in [0.05, 0.1) is 13.2 Å². The Morgan fingerprint density at radius 1 is 1.26 bits per heavy atom. The van der Waals surface area contributed by atoms with E-state index in [-0.39, 0.29) is 6.04 Å². The number of rotatable bonds is 4. The van der Waals surface area contributed by atoms with Crippen molar-refractivity contribution >= 4 is 0 Å². The van der Waals surface area contributed by atoms with E-state index in [4.69, 9.17) is 10.6 Å². The molecule has 0 spiro atoms. The van der Waals surface area contributed by atoms with Gasteiger partial charge in [0.1, 0.15) is 5.75 Å². The van der Waals surface area contributed by atoms with Gasteiger partial charge in [0.2, 0.25) is 0 Å². The average molecular weight is 260 g/mol. The van der Waals surface area contributed by atoms with Gasteiger partial charge in [-0.3, -0.25) is 5.84 Å². The molecule has 0 radical (unpaired) electrons. The third-order valence-corrected chi connectivity index (χ3v) is 3.88. The molecule has 1 aliphatic rings. The fraction of sp³-hybridized carbons (Fsp3) is 0.500. The molecule has 3 N–H and O–H groups in total. The number of aryl methyl sites for hydroxylation is 1. The van der Waals surface area contributed by atoms with E-state index in [1.54, 1.807) is 7.11 Å². The molecule has 104 valence electrons. The number of allylic oxidation sites excluding steroid dienone is 1. The van der Waals surface area contributed by atoms with E-state index in [1.165, 1.54) is 30.4 Å². The van der Waals surface area contributed by atoms with Crippen molar-refractivity contribution < 1.29 is 4.74 Å². The zero-order valence-electron chi connectivity index (χ0n) is 11.9. The minimum Gasteiger partial charge on any atom is -0.496 e. The van der Waals surface area contributed by atoms with E-state index in [0.29, 0.717) is 0 Å². The van der Waals surface area contributed by atoms with Crippen molar-refractivity contribution in [3.63, 3.8) is 0 Å². The van der Waals surface area contributed by atoms with Gasteiger partial charge in [-0.15, -0.1) is 0 Å². The number of ether oxygens (including phenoxy) is 1. The van der Waals surface area contributed by atoms with E-state index >= 15 is 0 Å². The molecular weight excluding hydrogens is 236 g/mol. The second-order valence-electron chi connectivity index (χ2n) is 5.21. The highest BCUT2D eigenvalue weighted by atomic mass is 16.5. The van der Waals surface area contributed by atoms with Gasteiger partial charge in [0.25, 0.3) is 0 Å². The van der Waals surface area contributed by atoms with E-state index in [2.05, 4.69) is 36.6 Å². The summed E-state index contributed by atoms with van der Waals surface area (Å²) >= 11 is 0. The van der Waals surface area contributed by atoms with Gasteiger partial charge in [-0.2, -0.15) is 0 Å². The first-order chi connectivity index (χ1) is 9.26. The molecule has 3 nitrogen and oxygen atoms in total. The van der Waals surface area contributed by atoms with Crippen LogP contribution in [0.1, 0.15) is 49.3 Å². The van der Waals surface area contributed by atoms with Crippen LogP contribution < -0.4 is 16.0 Å². The fourth-order valence-corrected chi connectivity index (χ4v) is 2.74. The maximum atomic E-state index is 5.78. The van der Waals surface area contributed by atoms with Crippen LogP contribution >= 0.6 is 0 Å². The highest BCUT2D eigenvalue weighted by Gasteiger charge is 2.17. The van der Waals surface area contributed by atoms with Crippen molar-refractivity contribution in [2.45, 2.75) is 45.1 Å². The first-order valence-corrected chi connectivity index (χ1v) is 7.06. The molecule has 0 saturated carbocycles. The summed E-state index contributed by atoms with van der Waals surface area (Å²) in [5.41, 5.74) is 6.70. The summed E-state index contributed by atoms with van der Waals surface area (Å²) in [6.45, 7) is 2.05. The van der Waals surface area contributed by atoms with Gasteiger partial charge in [-0.05, 0) is 49.8 Å². The summed E-state index contributed by atoms with van der Waals surface area (Å²) in [6.07, 6.45) is 8.50. The number of nitrogens with two attached hydrogens (primary N) is 1. The number of hydrogen-bond acceptors (Lipinski definition) is 3. The summed E-state index contributed by atoms with van der Waals surface area (Å²) in [4.78, 5) is 0. The molecule has 0 aliphatic heterocycles. The molecular formula is C16H24N2O.